The number of unbranched alkanes of at least 4 members (excludes halogenated alkanes) is 18. The largest absolute Gasteiger partial charge is 0.481 e. The van der Waals surface area contributed by atoms with Gasteiger partial charge in [-0.15, -0.1) is 11.8 Å². The Balaban J connectivity index is 4.70. The second-order valence-electron chi connectivity index (χ2n) is 15.9. The summed E-state index contributed by atoms with van der Waals surface area (Å²) in [6.45, 7) is 3.22. The molecule has 0 unspecified atom stereocenters. The highest BCUT2D eigenvalue weighted by Gasteiger charge is 2.26. The number of carbonyl (C=O) groups is 3. The first kappa shape index (κ1) is 59.5. The first-order chi connectivity index (χ1) is 29.9. The number of aliphatic hydroxyl groups is 1. The van der Waals surface area contributed by atoms with Crippen LogP contribution in [0.25, 0.3) is 0 Å². The highest BCUT2D eigenvalue weighted by atomic mass is 32.2. The quantitative estimate of drug-likeness (QED) is 0.0127. The number of hydrogen-bond donors (Lipinski definition) is 5. The van der Waals surface area contributed by atoms with E-state index >= 15 is 0 Å². The van der Waals surface area contributed by atoms with Crippen molar-refractivity contribution < 1.29 is 52.9 Å². The number of rotatable bonds is 43. The number of hydrogen-bond acceptors (Lipinski definition) is 10. The van der Waals surface area contributed by atoms with Crippen molar-refractivity contribution in [2.75, 3.05) is 19.0 Å². The molecule has 62 heavy (non-hydrogen) atoms. The average molecular weight is 914 g/mol. The summed E-state index contributed by atoms with van der Waals surface area (Å²) in [5.41, 5.74) is 6.11. The zero-order chi connectivity index (χ0) is 45.9. The topological polar surface area (TPSA) is 203 Å². The molecule has 0 aliphatic rings. The normalized spacial score (nSPS) is 14.4. The molecule has 0 aliphatic carbocycles. The number of carboxylic acid groups (broad SMARTS) is 1. The predicted octanol–water partition coefficient (Wildman–Crippen LogP) is 11.4. The number of aliphatic carboxylic acids is 1. The van der Waals surface area contributed by atoms with Crippen LogP contribution in [0.15, 0.2) is 60.8 Å². The van der Waals surface area contributed by atoms with E-state index in [0.717, 1.165) is 44.9 Å². The lowest BCUT2D eigenvalue weighted by atomic mass is 10.1. The van der Waals surface area contributed by atoms with Crippen LogP contribution in [-0.2, 0) is 32.9 Å². The predicted molar refractivity (Wildman–Crippen MR) is 254 cm³/mol. The summed E-state index contributed by atoms with van der Waals surface area (Å²) in [6, 6.07) is -1.14. The molecular weight excluding hydrogens is 830 g/mol. The Kier molecular flexibility index (Phi) is 40.7. The molecule has 0 saturated heterocycles. The number of carbonyl (C=O) groups excluding carboxylic acids is 2. The van der Waals surface area contributed by atoms with Crippen molar-refractivity contribution in [2.24, 2.45) is 5.73 Å². The lowest BCUT2D eigenvalue weighted by Crippen LogP contribution is -2.38. The summed E-state index contributed by atoms with van der Waals surface area (Å²) < 4.78 is 26.6. The van der Waals surface area contributed by atoms with E-state index in [1.165, 1.54) is 102 Å². The van der Waals surface area contributed by atoms with Gasteiger partial charge in [0, 0.05) is 23.8 Å². The van der Waals surface area contributed by atoms with Crippen molar-refractivity contribution in [2.45, 2.75) is 204 Å². The number of ether oxygens (including phenoxy) is 2. The maximum atomic E-state index is 12.8. The van der Waals surface area contributed by atoms with Crippen LogP contribution in [0.4, 0.5) is 0 Å². The Morgan fingerprint density at radius 2 is 1.19 bits per heavy atom. The number of thioether (sulfide) groups is 1. The minimum Gasteiger partial charge on any atom is -0.481 e. The Labute approximate surface area is 378 Å². The van der Waals surface area contributed by atoms with Crippen LogP contribution in [0.3, 0.4) is 0 Å². The molecular formula is C48H84NO11PS. The number of aliphatic hydroxyl groups excluding tert-OH is 1. The number of carboxylic acids is 1. The lowest BCUT2D eigenvalue weighted by Gasteiger charge is -2.22. The molecule has 4 atom stereocenters. The maximum Gasteiger partial charge on any atom is 0.469 e. The third-order valence-corrected chi connectivity index (χ3v) is 11.9. The van der Waals surface area contributed by atoms with Crippen molar-refractivity contribution in [3.05, 3.63) is 60.8 Å². The second-order valence-corrected chi connectivity index (χ2v) is 18.4. The third kappa shape index (κ3) is 41.5. The fraction of sp³-hybridized carbons (Fsp3) is 0.729. The van der Waals surface area contributed by atoms with Gasteiger partial charge in [0.15, 0.2) is 6.10 Å². The fourth-order valence-electron chi connectivity index (χ4n) is 6.34. The maximum absolute atomic E-state index is 12.8. The van der Waals surface area contributed by atoms with E-state index in [0.29, 0.717) is 6.42 Å². The zero-order valence-electron chi connectivity index (χ0n) is 38.2. The number of phosphoric ester groups is 1. The van der Waals surface area contributed by atoms with Gasteiger partial charge in [-0.2, -0.15) is 0 Å². The SMILES string of the molecule is CCCCC/C=C\C\C=C/C=C/C=C/[C@@H](SC[C@H](N)C(=O)OC[C@H](COP(=O)(O)O)OC(=O)CCCCCCCCCCC/C=C\CCCCCCCC)[C@@H](O)CCCC(=O)O. The highest BCUT2D eigenvalue weighted by Crippen LogP contribution is 2.36. The van der Waals surface area contributed by atoms with Crippen molar-refractivity contribution in [1.82, 2.24) is 0 Å². The van der Waals surface area contributed by atoms with Crippen molar-refractivity contribution in [1.29, 1.82) is 0 Å². The molecule has 12 nitrogen and oxygen atoms in total. The number of esters is 2. The Morgan fingerprint density at radius 3 is 1.79 bits per heavy atom. The molecule has 0 bridgehead atoms. The summed E-state index contributed by atoms with van der Waals surface area (Å²) in [6.07, 6.45) is 44.0. The van der Waals surface area contributed by atoms with Gasteiger partial charge in [0.25, 0.3) is 0 Å². The van der Waals surface area contributed by atoms with Crippen molar-refractivity contribution >= 4 is 37.5 Å². The smallest absolute Gasteiger partial charge is 0.469 e. The van der Waals surface area contributed by atoms with Gasteiger partial charge in [0.2, 0.25) is 0 Å². The van der Waals surface area contributed by atoms with Crippen LogP contribution in [-0.4, -0.2) is 80.4 Å². The summed E-state index contributed by atoms with van der Waals surface area (Å²) in [5.74, 6) is -2.34. The van der Waals surface area contributed by atoms with E-state index in [4.69, 9.17) is 20.3 Å². The summed E-state index contributed by atoms with van der Waals surface area (Å²) in [4.78, 5) is 54.8. The van der Waals surface area contributed by atoms with Gasteiger partial charge in [0.1, 0.15) is 12.6 Å². The molecule has 0 spiro atoms. The van der Waals surface area contributed by atoms with Crippen LogP contribution in [0.5, 0.6) is 0 Å². The summed E-state index contributed by atoms with van der Waals surface area (Å²) >= 11 is 1.21. The van der Waals surface area contributed by atoms with E-state index in [9.17, 15) is 33.8 Å². The van der Waals surface area contributed by atoms with Gasteiger partial charge < -0.3 is 35.2 Å². The molecule has 0 aliphatic heterocycles. The molecule has 14 heteroatoms. The first-order valence-corrected chi connectivity index (χ1v) is 26.1. The Hall–Kier alpha value is -2.51. The minimum absolute atomic E-state index is 0.0402. The number of phosphoric acid groups is 1. The fourth-order valence-corrected chi connectivity index (χ4v) is 7.82. The summed E-state index contributed by atoms with van der Waals surface area (Å²) in [7, 11) is -4.89. The van der Waals surface area contributed by atoms with Crippen LogP contribution < -0.4 is 5.73 Å². The van der Waals surface area contributed by atoms with Crippen LogP contribution in [0.2, 0.25) is 0 Å². The number of nitrogens with two attached hydrogens (primary N) is 1. The molecule has 6 N–H and O–H groups in total. The van der Waals surface area contributed by atoms with E-state index in [2.05, 4.69) is 42.7 Å². The van der Waals surface area contributed by atoms with Crippen molar-refractivity contribution in [3.63, 3.8) is 0 Å². The van der Waals surface area contributed by atoms with E-state index in [1.807, 2.05) is 24.3 Å². The minimum atomic E-state index is -4.89. The summed E-state index contributed by atoms with van der Waals surface area (Å²) in [5, 5.41) is 19.4. The molecule has 0 amide bonds. The molecule has 0 saturated carbocycles. The molecule has 0 radical (unpaired) electrons. The number of allylic oxidation sites excluding steroid dienone is 9. The van der Waals surface area contributed by atoms with Crippen molar-refractivity contribution in [3.8, 4) is 0 Å². The van der Waals surface area contributed by atoms with Gasteiger partial charge in [-0.25, -0.2) is 4.57 Å². The zero-order valence-corrected chi connectivity index (χ0v) is 39.9. The van der Waals surface area contributed by atoms with Gasteiger partial charge in [0.05, 0.1) is 12.7 Å². The van der Waals surface area contributed by atoms with Crippen LogP contribution >= 0.6 is 19.6 Å². The van der Waals surface area contributed by atoms with Gasteiger partial charge in [-0.3, -0.25) is 18.9 Å². The molecule has 0 heterocycles. The van der Waals surface area contributed by atoms with E-state index < -0.39 is 62.4 Å². The van der Waals surface area contributed by atoms with Crippen LogP contribution in [0, 0.1) is 0 Å². The molecule has 0 aromatic carbocycles. The molecule has 0 aromatic rings. The average Bonchev–Trinajstić information content (AvgIpc) is 3.23. The van der Waals surface area contributed by atoms with E-state index in [-0.39, 0.29) is 31.4 Å². The van der Waals surface area contributed by atoms with E-state index in [1.54, 1.807) is 12.2 Å². The monoisotopic (exact) mass is 914 g/mol. The molecule has 358 valence electrons. The third-order valence-electron chi connectivity index (χ3n) is 10.0. The standard InChI is InChI=1S/C48H84NO11PS/c1-3-5-7-9-11-13-15-17-18-19-20-21-22-23-25-27-29-31-33-38-47(53)60-42(40-59-61(55,56)57)39-58-48(54)43(49)41-62-45(44(50)35-34-37-46(51)52)36-32-30-28-26-24-16-14-12-10-8-6-4-2/h12,14,17-18,24,26,28,30,32,36,42-45,50H,3-11,13,15-16,19-23,25,27,29,31,33-35,37-41,49H2,1-2H3,(H,51,52)(H2,55,56,57)/b14-12-,18-17-,26-24-,30-28+,36-32+/t42-,43+,44+,45-/m1/s1. The van der Waals surface area contributed by atoms with Crippen LogP contribution in [0.1, 0.15) is 181 Å². The van der Waals surface area contributed by atoms with Gasteiger partial charge in [-0.05, 0) is 64.2 Å². The Bertz CT molecular complexity index is 1320. The van der Waals surface area contributed by atoms with Gasteiger partial charge >= 0.3 is 25.7 Å². The highest BCUT2D eigenvalue weighted by molar-refractivity contribution is 8.00. The Morgan fingerprint density at radius 1 is 0.661 bits per heavy atom. The van der Waals surface area contributed by atoms with Gasteiger partial charge in [-0.1, -0.05) is 164 Å². The molecule has 0 fully saturated rings. The molecule has 0 rings (SSSR count). The first-order valence-electron chi connectivity index (χ1n) is 23.5. The molecule has 0 aromatic heterocycles. The second kappa shape index (κ2) is 42.4. The lowest BCUT2D eigenvalue weighted by molar-refractivity contribution is -0.161.